The summed E-state index contributed by atoms with van der Waals surface area (Å²) in [5.74, 6) is 2.46. The van der Waals surface area contributed by atoms with Crippen molar-refractivity contribution in [1.82, 2.24) is 5.32 Å². The number of carbonyl (C=O) groups is 1. The Balaban J connectivity index is 1.30. The maximum absolute atomic E-state index is 11.8. The van der Waals surface area contributed by atoms with Crippen molar-refractivity contribution in [3.63, 3.8) is 0 Å². The highest BCUT2D eigenvalue weighted by molar-refractivity contribution is 9.11. The van der Waals surface area contributed by atoms with Crippen LogP contribution in [0.15, 0.2) is 15.9 Å². The first-order valence-electron chi connectivity index (χ1n) is 6.22. The number of nitrogens with one attached hydrogen (secondary N) is 1. The van der Waals surface area contributed by atoms with E-state index in [1.165, 1.54) is 15.1 Å². The van der Waals surface area contributed by atoms with Crippen molar-refractivity contribution in [1.29, 1.82) is 0 Å². The first kappa shape index (κ1) is 10.6. The standard InChI is InChI=1S/C13H14BrNOS/c14-11-2-1-10(17-11)9-3-7(9)6-15-12(16)13-4-8(13)5-13/h1-2,7-9H,3-6H2,(H,15,16)/t7-,8?,9+,13?/m0/s1. The molecule has 0 spiro atoms. The largest absolute Gasteiger partial charge is 0.355 e. The number of fused-ring (bicyclic) bond motifs is 1. The fourth-order valence-corrected chi connectivity index (χ4v) is 4.45. The Kier molecular flexibility index (Phi) is 2.08. The van der Waals surface area contributed by atoms with Crippen molar-refractivity contribution in [2.75, 3.05) is 6.54 Å². The third kappa shape index (κ3) is 1.68. The van der Waals surface area contributed by atoms with E-state index in [9.17, 15) is 4.79 Å². The molecule has 0 unspecified atom stereocenters. The fraction of sp³-hybridized carbons (Fsp3) is 0.615. The number of hydrogen-bond acceptors (Lipinski definition) is 2. The zero-order valence-electron chi connectivity index (χ0n) is 9.41. The second-order valence-corrected chi connectivity index (χ2v) is 8.21. The lowest BCUT2D eigenvalue weighted by Gasteiger charge is -2.05. The Morgan fingerprint density at radius 2 is 2.29 bits per heavy atom. The van der Waals surface area contributed by atoms with Gasteiger partial charge in [-0.15, -0.1) is 11.3 Å². The SMILES string of the molecule is O=C(NC[C@@H]1C[C@H]1c1ccc(Br)s1)C12CC1C2. The van der Waals surface area contributed by atoms with Gasteiger partial charge in [0.2, 0.25) is 5.91 Å². The molecule has 1 heterocycles. The van der Waals surface area contributed by atoms with Crippen LogP contribution in [0.4, 0.5) is 0 Å². The molecule has 1 aromatic heterocycles. The lowest BCUT2D eigenvalue weighted by molar-refractivity contribution is -0.124. The minimum atomic E-state index is 0.135. The zero-order chi connectivity index (χ0) is 11.6. The fourth-order valence-electron chi connectivity index (χ4n) is 2.82. The number of hydrogen-bond donors (Lipinski definition) is 1. The van der Waals surface area contributed by atoms with E-state index in [1.54, 1.807) is 0 Å². The molecule has 17 heavy (non-hydrogen) atoms. The second kappa shape index (κ2) is 3.35. The van der Waals surface area contributed by atoms with E-state index < -0.39 is 0 Å². The van der Waals surface area contributed by atoms with Crippen LogP contribution in [0.1, 0.15) is 30.1 Å². The summed E-state index contributed by atoms with van der Waals surface area (Å²) in [4.78, 5) is 13.3. The zero-order valence-corrected chi connectivity index (χ0v) is 11.8. The maximum atomic E-state index is 11.8. The molecule has 1 N–H and O–H groups in total. The summed E-state index contributed by atoms with van der Waals surface area (Å²) in [5.41, 5.74) is 0.135. The quantitative estimate of drug-likeness (QED) is 0.909. The van der Waals surface area contributed by atoms with Crippen LogP contribution in [0.3, 0.4) is 0 Å². The highest BCUT2D eigenvalue weighted by Gasteiger charge is 2.74. The van der Waals surface area contributed by atoms with Gasteiger partial charge < -0.3 is 5.32 Å². The van der Waals surface area contributed by atoms with E-state index in [-0.39, 0.29) is 5.41 Å². The van der Waals surface area contributed by atoms with Gasteiger partial charge >= 0.3 is 0 Å². The number of carbonyl (C=O) groups excluding carboxylic acids is 1. The minimum Gasteiger partial charge on any atom is -0.355 e. The molecule has 2 nitrogen and oxygen atoms in total. The molecule has 0 aromatic carbocycles. The van der Waals surface area contributed by atoms with Crippen LogP contribution in [0.2, 0.25) is 0 Å². The molecule has 0 saturated heterocycles. The Morgan fingerprint density at radius 1 is 1.53 bits per heavy atom. The van der Waals surface area contributed by atoms with Gasteiger partial charge in [0.15, 0.2) is 0 Å². The molecule has 3 fully saturated rings. The molecular formula is C13H14BrNOS. The van der Waals surface area contributed by atoms with Crippen molar-refractivity contribution in [3.05, 3.63) is 20.8 Å². The highest BCUT2D eigenvalue weighted by atomic mass is 79.9. The van der Waals surface area contributed by atoms with Crippen LogP contribution in [0.25, 0.3) is 0 Å². The molecule has 0 radical (unpaired) electrons. The molecule has 3 saturated carbocycles. The van der Waals surface area contributed by atoms with Crippen molar-refractivity contribution < 1.29 is 4.79 Å². The molecule has 2 atom stereocenters. The van der Waals surface area contributed by atoms with Crippen LogP contribution < -0.4 is 5.32 Å². The Labute approximate surface area is 113 Å². The van der Waals surface area contributed by atoms with Gasteiger partial charge in [0, 0.05) is 11.4 Å². The molecule has 4 rings (SSSR count). The summed E-state index contributed by atoms with van der Waals surface area (Å²) in [6.45, 7) is 0.882. The Hall–Kier alpha value is -0.350. The maximum Gasteiger partial charge on any atom is 0.226 e. The lowest BCUT2D eigenvalue weighted by atomic mass is 10.2. The van der Waals surface area contributed by atoms with Gasteiger partial charge in [-0.3, -0.25) is 4.79 Å². The van der Waals surface area contributed by atoms with Crippen molar-refractivity contribution in [3.8, 4) is 0 Å². The Bertz CT molecular complexity index is 491. The van der Waals surface area contributed by atoms with Gasteiger partial charge in [-0.25, -0.2) is 0 Å². The number of rotatable bonds is 4. The topological polar surface area (TPSA) is 29.1 Å². The number of amides is 1. The molecule has 3 aliphatic rings. The van der Waals surface area contributed by atoms with Crippen LogP contribution >= 0.6 is 27.3 Å². The van der Waals surface area contributed by atoms with Gasteiger partial charge in [-0.1, -0.05) is 0 Å². The van der Waals surface area contributed by atoms with Crippen molar-refractivity contribution in [2.24, 2.45) is 17.3 Å². The summed E-state index contributed by atoms with van der Waals surface area (Å²) in [6.07, 6.45) is 3.55. The first-order chi connectivity index (χ1) is 8.19. The summed E-state index contributed by atoms with van der Waals surface area (Å²) in [7, 11) is 0. The summed E-state index contributed by atoms with van der Waals surface area (Å²) in [5, 5.41) is 3.15. The van der Waals surface area contributed by atoms with Gasteiger partial charge in [0.1, 0.15) is 0 Å². The van der Waals surface area contributed by atoms with Gasteiger partial charge in [-0.2, -0.15) is 0 Å². The van der Waals surface area contributed by atoms with Gasteiger partial charge in [0.05, 0.1) is 9.20 Å². The average Bonchev–Trinajstić information content (AvgIpc) is 3.16. The summed E-state index contributed by atoms with van der Waals surface area (Å²) < 4.78 is 1.21. The third-order valence-electron chi connectivity index (χ3n) is 4.54. The Morgan fingerprint density at radius 3 is 2.88 bits per heavy atom. The number of halogens is 1. The monoisotopic (exact) mass is 311 g/mol. The smallest absolute Gasteiger partial charge is 0.226 e. The first-order valence-corrected chi connectivity index (χ1v) is 7.83. The van der Waals surface area contributed by atoms with E-state index >= 15 is 0 Å². The van der Waals surface area contributed by atoms with Crippen LogP contribution in [0, 0.1) is 17.3 Å². The lowest BCUT2D eigenvalue weighted by Crippen LogP contribution is -2.29. The van der Waals surface area contributed by atoms with E-state index in [1.807, 2.05) is 11.3 Å². The normalized spacial score (nSPS) is 40.6. The number of thiophene rings is 1. The van der Waals surface area contributed by atoms with Crippen LogP contribution in [-0.4, -0.2) is 12.5 Å². The van der Waals surface area contributed by atoms with E-state index in [0.29, 0.717) is 17.7 Å². The van der Waals surface area contributed by atoms with E-state index in [2.05, 4.69) is 33.4 Å². The van der Waals surface area contributed by atoms with Gasteiger partial charge in [-0.05, 0) is 65.1 Å². The van der Waals surface area contributed by atoms with Crippen LogP contribution in [0.5, 0.6) is 0 Å². The predicted molar refractivity (Wildman–Crippen MR) is 71.0 cm³/mol. The molecule has 1 amide bonds. The molecule has 0 bridgehead atoms. The average molecular weight is 312 g/mol. The minimum absolute atomic E-state index is 0.135. The van der Waals surface area contributed by atoms with Crippen molar-refractivity contribution in [2.45, 2.75) is 25.2 Å². The third-order valence-corrected chi connectivity index (χ3v) is 6.30. The molecule has 90 valence electrons. The molecular weight excluding hydrogens is 298 g/mol. The summed E-state index contributed by atoms with van der Waals surface area (Å²) >= 11 is 5.33. The molecule has 1 aromatic rings. The molecule has 0 aliphatic heterocycles. The predicted octanol–water partition coefficient (Wildman–Crippen LogP) is 3.14. The van der Waals surface area contributed by atoms with Gasteiger partial charge in [0.25, 0.3) is 0 Å². The van der Waals surface area contributed by atoms with Crippen molar-refractivity contribution >= 4 is 33.2 Å². The second-order valence-electron chi connectivity index (χ2n) is 5.72. The van der Waals surface area contributed by atoms with E-state index in [0.717, 1.165) is 25.3 Å². The highest BCUT2D eigenvalue weighted by Crippen LogP contribution is 2.75. The summed E-state index contributed by atoms with van der Waals surface area (Å²) in [6, 6.07) is 4.32. The van der Waals surface area contributed by atoms with Crippen LogP contribution in [-0.2, 0) is 4.79 Å². The molecule has 4 heteroatoms. The molecule has 3 aliphatic carbocycles. The van der Waals surface area contributed by atoms with E-state index in [4.69, 9.17) is 0 Å².